The molecule has 166 valence electrons. The molecule has 2 saturated carbocycles. The molecule has 0 saturated heterocycles. The summed E-state index contributed by atoms with van der Waals surface area (Å²) in [6, 6.07) is 1.57. The number of amides is 1. The number of hydrogen-bond acceptors (Lipinski definition) is 9. The van der Waals surface area contributed by atoms with Crippen molar-refractivity contribution in [3.63, 3.8) is 0 Å². The molecular weight excluding hydrogens is 406 g/mol. The molecule has 1 aromatic carbocycles. The number of aromatic hydroxyl groups is 1. The number of ketones is 2. The molecule has 4 rings (SSSR count). The number of phenolic OH excluding ortho intramolecular Hbond substituents is 1. The standard InChI is InChI=1S/C21H25N3O7/c1-24(2)11-6-10(22)16(26)14-9(11)4-7-3-8-5-12(25)15(20(23)30)19(29)21(8,31)18(28)13(7)17(14)27/h6-8,12,15,25-27,31H,3-5,22H2,1-2H3,(H2,23,30)/t7-,8+,12?,15?,21+/m1/s1. The van der Waals surface area contributed by atoms with Gasteiger partial charge in [-0.2, -0.15) is 0 Å². The summed E-state index contributed by atoms with van der Waals surface area (Å²) in [6.45, 7) is 0. The van der Waals surface area contributed by atoms with E-state index in [0.717, 1.165) is 0 Å². The molecule has 8 N–H and O–H groups in total. The van der Waals surface area contributed by atoms with Gasteiger partial charge in [0, 0.05) is 31.3 Å². The number of Topliss-reactive ketones (excluding diaryl/α,β-unsaturated/α-hetero) is 2. The minimum absolute atomic E-state index is 0.00134. The number of nitrogens with zero attached hydrogens (tertiary/aromatic N) is 1. The van der Waals surface area contributed by atoms with Gasteiger partial charge in [-0.3, -0.25) is 14.4 Å². The van der Waals surface area contributed by atoms with Gasteiger partial charge in [0.05, 0.1) is 17.4 Å². The van der Waals surface area contributed by atoms with E-state index in [-0.39, 0.29) is 36.1 Å². The number of nitrogen functional groups attached to an aromatic ring is 1. The Kier molecular flexibility index (Phi) is 4.56. The Morgan fingerprint density at radius 2 is 1.87 bits per heavy atom. The molecule has 1 aromatic rings. The van der Waals surface area contributed by atoms with E-state index in [9.17, 15) is 34.8 Å². The zero-order valence-corrected chi connectivity index (χ0v) is 17.1. The smallest absolute Gasteiger partial charge is 0.230 e. The predicted octanol–water partition coefficient (Wildman–Crippen LogP) is -0.763. The Labute approximate surface area is 177 Å². The highest BCUT2D eigenvalue weighted by molar-refractivity contribution is 6.24. The Morgan fingerprint density at radius 3 is 2.45 bits per heavy atom. The minimum Gasteiger partial charge on any atom is -0.507 e. The van der Waals surface area contributed by atoms with Crippen LogP contribution < -0.4 is 16.4 Å². The van der Waals surface area contributed by atoms with Crippen LogP contribution in [0.5, 0.6) is 5.75 Å². The third-order valence-electron chi connectivity index (χ3n) is 6.87. The van der Waals surface area contributed by atoms with E-state index in [2.05, 4.69) is 0 Å². The summed E-state index contributed by atoms with van der Waals surface area (Å²) in [4.78, 5) is 39.8. The van der Waals surface area contributed by atoms with Crippen molar-refractivity contribution < 1.29 is 34.8 Å². The fourth-order valence-electron chi connectivity index (χ4n) is 5.39. The van der Waals surface area contributed by atoms with Crippen LogP contribution in [0.25, 0.3) is 5.76 Å². The summed E-state index contributed by atoms with van der Waals surface area (Å²) in [5.41, 5.74) is 9.55. The molecule has 31 heavy (non-hydrogen) atoms. The Hall–Kier alpha value is -3.11. The van der Waals surface area contributed by atoms with E-state index in [1.807, 2.05) is 0 Å². The molecule has 10 nitrogen and oxygen atoms in total. The van der Waals surface area contributed by atoms with Crippen molar-refractivity contribution in [2.75, 3.05) is 24.7 Å². The lowest BCUT2D eigenvalue weighted by atomic mass is 9.56. The molecule has 0 heterocycles. The Morgan fingerprint density at radius 1 is 1.23 bits per heavy atom. The minimum atomic E-state index is -2.59. The van der Waals surface area contributed by atoms with Crippen LogP contribution in [0.2, 0.25) is 0 Å². The van der Waals surface area contributed by atoms with E-state index < -0.39 is 58.4 Å². The van der Waals surface area contributed by atoms with Gasteiger partial charge in [0.25, 0.3) is 0 Å². The number of fused-ring (bicyclic) bond motifs is 3. The molecule has 0 spiro atoms. The fraction of sp³-hybridized carbons (Fsp3) is 0.476. The molecule has 2 unspecified atom stereocenters. The molecule has 10 heteroatoms. The second-order valence-corrected chi connectivity index (χ2v) is 8.82. The quantitative estimate of drug-likeness (QED) is 0.199. The number of rotatable bonds is 2. The lowest BCUT2D eigenvalue weighted by Gasteiger charge is -2.48. The van der Waals surface area contributed by atoms with Crippen LogP contribution in [0, 0.1) is 17.8 Å². The van der Waals surface area contributed by atoms with Crippen molar-refractivity contribution in [2.24, 2.45) is 23.5 Å². The summed E-state index contributed by atoms with van der Waals surface area (Å²) in [6.07, 6.45) is -1.20. The second-order valence-electron chi connectivity index (χ2n) is 8.82. The second kappa shape index (κ2) is 6.69. The van der Waals surface area contributed by atoms with Crippen molar-refractivity contribution in [2.45, 2.75) is 31.0 Å². The lowest BCUT2D eigenvalue weighted by molar-refractivity contribution is -0.174. The normalized spacial score (nSPS) is 32.3. The first-order chi connectivity index (χ1) is 14.4. The maximum atomic E-state index is 13.4. The summed E-state index contributed by atoms with van der Waals surface area (Å²) in [5.74, 6) is -7.49. The van der Waals surface area contributed by atoms with Crippen molar-refractivity contribution in [3.05, 3.63) is 22.8 Å². The predicted molar refractivity (Wildman–Crippen MR) is 110 cm³/mol. The topological polar surface area (TPSA) is 187 Å². The fourth-order valence-corrected chi connectivity index (χ4v) is 5.39. The van der Waals surface area contributed by atoms with Crippen LogP contribution in [0.4, 0.5) is 11.4 Å². The maximum absolute atomic E-state index is 13.4. The number of carbonyl (C=O) groups is 3. The monoisotopic (exact) mass is 431 g/mol. The number of anilines is 2. The number of nitrogens with two attached hydrogens (primary N) is 2. The van der Waals surface area contributed by atoms with Gasteiger partial charge in [-0.25, -0.2) is 0 Å². The van der Waals surface area contributed by atoms with Gasteiger partial charge in [0.1, 0.15) is 17.4 Å². The number of aliphatic hydroxyl groups is 3. The van der Waals surface area contributed by atoms with Gasteiger partial charge in [0.2, 0.25) is 11.7 Å². The van der Waals surface area contributed by atoms with Gasteiger partial charge in [-0.1, -0.05) is 0 Å². The van der Waals surface area contributed by atoms with Gasteiger partial charge in [-0.05, 0) is 36.8 Å². The van der Waals surface area contributed by atoms with Crippen LogP contribution >= 0.6 is 0 Å². The number of phenols is 1. The molecular formula is C21H25N3O7. The summed E-state index contributed by atoms with van der Waals surface area (Å²) >= 11 is 0. The van der Waals surface area contributed by atoms with E-state index in [1.165, 1.54) is 0 Å². The lowest BCUT2D eigenvalue weighted by Crippen LogP contribution is -2.66. The van der Waals surface area contributed by atoms with Crippen LogP contribution in [0.15, 0.2) is 11.6 Å². The first-order valence-corrected chi connectivity index (χ1v) is 9.95. The average Bonchev–Trinajstić information content (AvgIpc) is 2.66. The summed E-state index contributed by atoms with van der Waals surface area (Å²) in [5, 5.41) is 43.0. The van der Waals surface area contributed by atoms with Crippen LogP contribution in [-0.2, 0) is 20.8 Å². The maximum Gasteiger partial charge on any atom is 0.230 e. The average molecular weight is 431 g/mol. The highest BCUT2D eigenvalue weighted by Gasteiger charge is 2.64. The van der Waals surface area contributed by atoms with Gasteiger partial charge >= 0.3 is 0 Å². The molecule has 1 amide bonds. The van der Waals surface area contributed by atoms with E-state index >= 15 is 0 Å². The summed E-state index contributed by atoms with van der Waals surface area (Å²) < 4.78 is 0. The first kappa shape index (κ1) is 21.1. The number of benzene rings is 1. The van der Waals surface area contributed by atoms with E-state index in [0.29, 0.717) is 11.3 Å². The van der Waals surface area contributed by atoms with Gasteiger partial charge in [0.15, 0.2) is 11.4 Å². The SMILES string of the molecule is CN(C)c1cc(N)c(O)c2c1C[C@H]1C[C@H]3CC(O)C(C(N)=O)C(=O)[C@@]3(O)C(=O)C1=C2O. The molecule has 0 aromatic heterocycles. The Balaban J connectivity index is 1.91. The highest BCUT2D eigenvalue weighted by Crippen LogP contribution is 2.53. The van der Waals surface area contributed by atoms with Gasteiger partial charge in [-0.15, -0.1) is 0 Å². The highest BCUT2D eigenvalue weighted by atomic mass is 16.3. The first-order valence-electron chi connectivity index (χ1n) is 9.95. The molecule has 0 radical (unpaired) electrons. The van der Waals surface area contributed by atoms with Crippen molar-refractivity contribution >= 4 is 34.6 Å². The van der Waals surface area contributed by atoms with E-state index in [1.54, 1.807) is 25.1 Å². The van der Waals surface area contributed by atoms with Crippen LogP contribution in [0.3, 0.4) is 0 Å². The molecule has 0 aliphatic heterocycles. The molecule has 5 atom stereocenters. The third kappa shape index (κ3) is 2.68. The Bertz CT molecular complexity index is 1060. The zero-order valence-electron chi connectivity index (χ0n) is 17.1. The largest absolute Gasteiger partial charge is 0.507 e. The van der Waals surface area contributed by atoms with Crippen LogP contribution in [-0.4, -0.2) is 63.7 Å². The molecule has 3 aliphatic rings. The van der Waals surface area contributed by atoms with Crippen LogP contribution in [0.1, 0.15) is 24.0 Å². The number of primary amides is 1. The van der Waals surface area contributed by atoms with Crippen molar-refractivity contribution in [1.82, 2.24) is 0 Å². The third-order valence-corrected chi connectivity index (χ3v) is 6.87. The zero-order chi connectivity index (χ0) is 23.0. The van der Waals surface area contributed by atoms with Crippen molar-refractivity contribution in [3.8, 4) is 5.75 Å². The van der Waals surface area contributed by atoms with Crippen molar-refractivity contribution in [1.29, 1.82) is 0 Å². The van der Waals surface area contributed by atoms with E-state index in [4.69, 9.17) is 11.5 Å². The number of aliphatic hydroxyl groups excluding tert-OH is 2. The molecule has 3 aliphatic carbocycles. The molecule has 0 bridgehead atoms. The number of hydrogen-bond donors (Lipinski definition) is 6. The summed E-state index contributed by atoms with van der Waals surface area (Å²) in [7, 11) is 3.54. The van der Waals surface area contributed by atoms with Gasteiger partial charge < -0.3 is 36.8 Å². The number of carbonyl (C=O) groups excluding carboxylic acids is 3. The molecule has 2 fully saturated rings.